The number of ether oxygens (including phenoxy) is 1. The summed E-state index contributed by atoms with van der Waals surface area (Å²) in [5, 5.41) is 3.23. The third-order valence-electron chi connectivity index (χ3n) is 5.42. The van der Waals surface area contributed by atoms with E-state index < -0.39 is 0 Å². The summed E-state index contributed by atoms with van der Waals surface area (Å²) in [5.74, 6) is 1.90. The first-order valence-corrected chi connectivity index (χ1v) is 8.93. The van der Waals surface area contributed by atoms with Crippen molar-refractivity contribution in [2.45, 2.75) is 57.5 Å². The molecule has 2 atom stereocenters. The molecule has 2 aliphatic carbocycles. The lowest BCUT2D eigenvalue weighted by atomic mass is 9.67. The Kier molecular flexibility index (Phi) is 6.93. The van der Waals surface area contributed by atoms with Crippen LogP contribution in [0.1, 0.15) is 44.6 Å². The van der Waals surface area contributed by atoms with Crippen molar-refractivity contribution >= 4 is 18.3 Å². The van der Waals surface area contributed by atoms with E-state index in [-0.39, 0.29) is 24.9 Å². The number of hydrogen-bond donors (Lipinski definition) is 2. The molecule has 0 aliphatic heterocycles. The Labute approximate surface area is 150 Å². The SMILES string of the molecule is CCc1ccccc1OCC(=O)NC1C2CCCC1CC(N)C2.Cl. The van der Waals surface area contributed by atoms with E-state index >= 15 is 0 Å². The van der Waals surface area contributed by atoms with Gasteiger partial charge in [-0.2, -0.15) is 0 Å². The largest absolute Gasteiger partial charge is 0.483 e. The van der Waals surface area contributed by atoms with Gasteiger partial charge in [-0.15, -0.1) is 12.4 Å². The first-order valence-electron chi connectivity index (χ1n) is 8.93. The number of benzene rings is 1. The predicted molar refractivity (Wildman–Crippen MR) is 98.5 cm³/mol. The molecule has 5 heteroatoms. The molecule has 1 aromatic rings. The fraction of sp³-hybridized carbons (Fsp3) is 0.632. The van der Waals surface area contributed by atoms with E-state index in [1.165, 1.54) is 19.3 Å². The summed E-state index contributed by atoms with van der Waals surface area (Å²) in [7, 11) is 0. The van der Waals surface area contributed by atoms with Gasteiger partial charge in [-0.05, 0) is 55.6 Å². The highest BCUT2D eigenvalue weighted by Crippen LogP contribution is 2.39. The number of para-hydroxylation sites is 1. The Hall–Kier alpha value is -1.26. The Morgan fingerprint density at radius 3 is 2.58 bits per heavy atom. The van der Waals surface area contributed by atoms with Gasteiger partial charge in [0.1, 0.15) is 5.75 Å². The first-order chi connectivity index (χ1) is 11.2. The molecule has 24 heavy (non-hydrogen) atoms. The molecule has 0 radical (unpaired) electrons. The molecule has 2 aliphatic rings. The molecular formula is C19H29ClN2O2. The molecular weight excluding hydrogens is 324 g/mol. The Bertz CT molecular complexity index is 538. The van der Waals surface area contributed by atoms with Gasteiger partial charge in [0, 0.05) is 12.1 Å². The van der Waals surface area contributed by atoms with Crippen LogP contribution in [0, 0.1) is 11.8 Å². The molecule has 2 saturated carbocycles. The van der Waals surface area contributed by atoms with E-state index in [0.717, 1.165) is 30.6 Å². The topological polar surface area (TPSA) is 64.3 Å². The number of nitrogens with two attached hydrogens (primary N) is 1. The molecule has 0 spiro atoms. The van der Waals surface area contributed by atoms with E-state index in [1.54, 1.807) is 0 Å². The van der Waals surface area contributed by atoms with Crippen molar-refractivity contribution < 1.29 is 9.53 Å². The zero-order chi connectivity index (χ0) is 16.2. The minimum Gasteiger partial charge on any atom is -0.483 e. The van der Waals surface area contributed by atoms with Crippen LogP contribution in [-0.2, 0) is 11.2 Å². The monoisotopic (exact) mass is 352 g/mol. The number of fused-ring (bicyclic) bond motifs is 2. The average Bonchev–Trinajstić information content (AvgIpc) is 2.54. The van der Waals surface area contributed by atoms with Gasteiger partial charge >= 0.3 is 0 Å². The lowest BCUT2D eigenvalue weighted by molar-refractivity contribution is -0.125. The zero-order valence-corrected chi connectivity index (χ0v) is 15.2. The number of rotatable bonds is 5. The molecule has 2 bridgehead atoms. The highest BCUT2D eigenvalue weighted by Gasteiger charge is 2.39. The van der Waals surface area contributed by atoms with Crippen molar-refractivity contribution in [2.75, 3.05) is 6.61 Å². The maximum absolute atomic E-state index is 12.3. The van der Waals surface area contributed by atoms with Crippen LogP contribution < -0.4 is 15.8 Å². The van der Waals surface area contributed by atoms with Crippen LogP contribution in [-0.4, -0.2) is 24.6 Å². The van der Waals surface area contributed by atoms with Gasteiger partial charge in [-0.25, -0.2) is 0 Å². The predicted octanol–water partition coefficient (Wildman–Crippen LogP) is 3.07. The van der Waals surface area contributed by atoms with Gasteiger partial charge in [-0.3, -0.25) is 4.79 Å². The van der Waals surface area contributed by atoms with Crippen LogP contribution in [0.2, 0.25) is 0 Å². The Morgan fingerprint density at radius 1 is 1.25 bits per heavy atom. The fourth-order valence-corrected chi connectivity index (χ4v) is 4.33. The van der Waals surface area contributed by atoms with E-state index in [1.807, 2.05) is 24.3 Å². The maximum Gasteiger partial charge on any atom is 0.258 e. The van der Waals surface area contributed by atoms with E-state index in [9.17, 15) is 4.79 Å². The molecule has 1 amide bonds. The quantitative estimate of drug-likeness (QED) is 0.855. The van der Waals surface area contributed by atoms with E-state index in [2.05, 4.69) is 12.2 Å². The lowest BCUT2D eigenvalue weighted by Gasteiger charge is -2.45. The minimum atomic E-state index is -0.00622. The smallest absolute Gasteiger partial charge is 0.258 e. The van der Waals surface area contributed by atoms with Crippen LogP contribution in [0.5, 0.6) is 5.75 Å². The van der Waals surface area contributed by atoms with Crippen molar-refractivity contribution in [3.63, 3.8) is 0 Å². The Morgan fingerprint density at radius 2 is 1.92 bits per heavy atom. The molecule has 2 unspecified atom stereocenters. The van der Waals surface area contributed by atoms with Crippen molar-refractivity contribution in [1.29, 1.82) is 0 Å². The lowest BCUT2D eigenvalue weighted by Crippen LogP contribution is -2.54. The third kappa shape index (κ3) is 4.42. The Balaban J connectivity index is 0.00000208. The van der Waals surface area contributed by atoms with Crippen LogP contribution in [0.15, 0.2) is 24.3 Å². The molecule has 3 rings (SSSR count). The van der Waals surface area contributed by atoms with E-state index in [4.69, 9.17) is 10.5 Å². The molecule has 0 saturated heterocycles. The normalized spacial score (nSPS) is 28.6. The molecule has 0 heterocycles. The van der Waals surface area contributed by atoms with Crippen molar-refractivity contribution in [2.24, 2.45) is 17.6 Å². The molecule has 134 valence electrons. The second-order valence-electron chi connectivity index (χ2n) is 7.03. The summed E-state index contributed by atoms with van der Waals surface area (Å²) < 4.78 is 5.74. The summed E-state index contributed by atoms with van der Waals surface area (Å²) in [6.07, 6.45) is 6.64. The number of carbonyl (C=O) groups excluding carboxylic acids is 1. The number of carbonyl (C=O) groups is 1. The van der Waals surface area contributed by atoms with Crippen LogP contribution in [0.4, 0.5) is 0 Å². The maximum atomic E-state index is 12.3. The first kappa shape index (κ1) is 19.1. The standard InChI is InChI=1S/C19H28N2O2.ClH/c1-2-13-6-3-4-9-17(13)23-12-18(22)21-19-14-7-5-8-15(19)11-16(20)10-14;/h3-4,6,9,14-16,19H,2,5,7-8,10-12,20H2,1H3,(H,21,22);1H. The average molecular weight is 353 g/mol. The molecule has 2 fully saturated rings. The number of nitrogens with one attached hydrogen (secondary N) is 1. The minimum absolute atomic E-state index is 0. The van der Waals surface area contributed by atoms with Crippen LogP contribution >= 0.6 is 12.4 Å². The van der Waals surface area contributed by atoms with Gasteiger partial charge in [-0.1, -0.05) is 31.5 Å². The molecule has 1 aromatic carbocycles. The fourth-order valence-electron chi connectivity index (χ4n) is 4.33. The summed E-state index contributed by atoms with van der Waals surface area (Å²) in [6.45, 7) is 2.19. The van der Waals surface area contributed by atoms with Crippen LogP contribution in [0.3, 0.4) is 0 Å². The van der Waals surface area contributed by atoms with Gasteiger partial charge in [0.05, 0.1) is 0 Å². The van der Waals surface area contributed by atoms with Crippen molar-refractivity contribution in [3.05, 3.63) is 29.8 Å². The number of aryl methyl sites for hydroxylation is 1. The highest BCUT2D eigenvalue weighted by molar-refractivity contribution is 5.85. The van der Waals surface area contributed by atoms with Crippen molar-refractivity contribution in [1.82, 2.24) is 5.32 Å². The van der Waals surface area contributed by atoms with Crippen molar-refractivity contribution in [3.8, 4) is 5.75 Å². The van der Waals surface area contributed by atoms with Gasteiger partial charge in [0.15, 0.2) is 6.61 Å². The summed E-state index contributed by atoms with van der Waals surface area (Å²) >= 11 is 0. The number of hydrogen-bond acceptors (Lipinski definition) is 3. The van der Waals surface area contributed by atoms with Gasteiger partial charge in [0.2, 0.25) is 0 Å². The summed E-state index contributed by atoms with van der Waals surface area (Å²) in [6, 6.07) is 8.52. The van der Waals surface area contributed by atoms with Gasteiger partial charge < -0.3 is 15.8 Å². The second kappa shape index (κ2) is 8.72. The van der Waals surface area contributed by atoms with Crippen LogP contribution in [0.25, 0.3) is 0 Å². The summed E-state index contributed by atoms with van der Waals surface area (Å²) in [4.78, 5) is 12.3. The third-order valence-corrected chi connectivity index (χ3v) is 5.42. The molecule has 4 nitrogen and oxygen atoms in total. The highest BCUT2D eigenvalue weighted by atomic mass is 35.5. The zero-order valence-electron chi connectivity index (χ0n) is 14.4. The summed E-state index contributed by atoms with van der Waals surface area (Å²) in [5.41, 5.74) is 7.29. The molecule has 0 aromatic heterocycles. The second-order valence-corrected chi connectivity index (χ2v) is 7.03. The molecule has 3 N–H and O–H groups in total. The van der Waals surface area contributed by atoms with E-state index in [0.29, 0.717) is 23.9 Å². The number of halogens is 1. The number of amides is 1. The van der Waals surface area contributed by atoms with Gasteiger partial charge in [0.25, 0.3) is 5.91 Å².